The number of nitrogens with one attached hydrogen (secondary N) is 1. The first-order chi connectivity index (χ1) is 18.4. The number of nitrogens with zero attached hydrogens (tertiary/aromatic N) is 2. The largest absolute Gasteiger partial charge is 0.493 e. The number of rotatable bonds is 8. The summed E-state index contributed by atoms with van der Waals surface area (Å²) in [6.07, 6.45) is 1.40. The zero-order chi connectivity index (χ0) is 26.6. The summed E-state index contributed by atoms with van der Waals surface area (Å²) < 4.78 is 37.9. The van der Waals surface area contributed by atoms with Crippen molar-refractivity contribution in [2.24, 2.45) is 0 Å². The maximum absolute atomic E-state index is 13.9. The van der Waals surface area contributed by atoms with Crippen molar-refractivity contribution >= 4 is 5.91 Å². The molecule has 5 rings (SSSR count). The van der Waals surface area contributed by atoms with Gasteiger partial charge in [0.05, 0.1) is 20.3 Å². The van der Waals surface area contributed by atoms with Crippen LogP contribution in [-0.2, 0) is 30.8 Å². The molecule has 0 aromatic heterocycles. The molecule has 2 aliphatic heterocycles. The lowest BCUT2D eigenvalue weighted by Gasteiger charge is -2.34. The van der Waals surface area contributed by atoms with Gasteiger partial charge in [0.25, 0.3) is 0 Å². The summed E-state index contributed by atoms with van der Waals surface area (Å²) in [5.41, 5.74) is 4.06. The van der Waals surface area contributed by atoms with Crippen molar-refractivity contribution in [2.75, 3.05) is 27.3 Å². The van der Waals surface area contributed by atoms with E-state index in [1.165, 1.54) is 11.6 Å². The lowest BCUT2D eigenvalue weighted by molar-refractivity contribution is -0.137. The summed E-state index contributed by atoms with van der Waals surface area (Å²) in [6.45, 7) is 2.92. The highest BCUT2D eigenvalue weighted by Gasteiger charge is 2.39. The minimum Gasteiger partial charge on any atom is -0.493 e. The quantitative estimate of drug-likeness (QED) is 0.479. The Hall–Kier alpha value is -3.49. The molecule has 8 heteroatoms. The normalized spacial score (nSPS) is 19.3. The first-order valence-electron chi connectivity index (χ1n) is 12.9. The molecule has 1 fully saturated rings. The van der Waals surface area contributed by atoms with Gasteiger partial charge >= 0.3 is 0 Å². The lowest BCUT2D eigenvalue weighted by Crippen LogP contribution is -2.47. The van der Waals surface area contributed by atoms with Gasteiger partial charge in [-0.1, -0.05) is 36.4 Å². The van der Waals surface area contributed by atoms with Crippen molar-refractivity contribution in [3.63, 3.8) is 0 Å². The number of carbonyl (C=O) groups excluding carboxylic acids is 1. The van der Waals surface area contributed by atoms with E-state index in [1.807, 2.05) is 35.2 Å². The molecule has 0 spiro atoms. The number of hydrogen-bond acceptors (Lipinski definition) is 5. The van der Waals surface area contributed by atoms with Crippen LogP contribution in [0.5, 0.6) is 11.5 Å². The summed E-state index contributed by atoms with van der Waals surface area (Å²) in [6, 6.07) is 17.8. The summed E-state index contributed by atoms with van der Waals surface area (Å²) in [5, 5.41) is 3.46. The molecule has 1 saturated heterocycles. The second kappa shape index (κ2) is 11.5. The van der Waals surface area contributed by atoms with E-state index in [0.717, 1.165) is 23.6 Å². The summed E-state index contributed by atoms with van der Waals surface area (Å²) >= 11 is 0. The van der Waals surface area contributed by atoms with E-state index < -0.39 is 11.6 Å². The maximum atomic E-state index is 13.9. The van der Waals surface area contributed by atoms with Gasteiger partial charge in [0.2, 0.25) is 5.91 Å². The number of hydrogen-bond donors (Lipinski definition) is 1. The second-order valence-corrected chi connectivity index (χ2v) is 9.98. The third-order valence-electron chi connectivity index (χ3n) is 7.53. The van der Waals surface area contributed by atoms with Gasteiger partial charge in [0, 0.05) is 38.8 Å². The molecule has 1 amide bonds. The Labute approximate surface area is 222 Å². The number of fused-ring (bicyclic) bond motifs is 1. The standard InChI is InChI=1S/C30H33F2N3O3/c1-37-28-13-22-10-11-34(18-23(22)14-29(28)38-2)30(36)27-15-24(19-35(27)17-20-6-4-3-5-7-20)33-16-21-8-9-25(31)26(32)12-21/h3-9,12-14,24,27,33H,10-11,15-19H2,1-2H3/t24-,27+/m1/s1. The fourth-order valence-corrected chi connectivity index (χ4v) is 5.49. The van der Waals surface area contributed by atoms with Crippen LogP contribution >= 0.6 is 0 Å². The van der Waals surface area contributed by atoms with Crippen LogP contribution in [-0.4, -0.2) is 55.1 Å². The van der Waals surface area contributed by atoms with Crippen molar-refractivity contribution in [1.29, 1.82) is 0 Å². The molecule has 3 aromatic rings. The maximum Gasteiger partial charge on any atom is 0.240 e. The number of halogens is 2. The molecule has 2 aliphatic rings. The Balaban J connectivity index is 1.31. The van der Waals surface area contributed by atoms with Crippen LogP contribution in [0.1, 0.15) is 28.7 Å². The Morgan fingerprint density at radius 2 is 1.68 bits per heavy atom. The topological polar surface area (TPSA) is 54.0 Å². The van der Waals surface area contributed by atoms with Crippen molar-refractivity contribution in [3.05, 3.63) is 94.6 Å². The van der Waals surface area contributed by atoms with Crippen molar-refractivity contribution in [2.45, 2.75) is 44.6 Å². The number of ether oxygens (including phenoxy) is 2. The highest BCUT2D eigenvalue weighted by atomic mass is 19.2. The van der Waals surface area contributed by atoms with Crippen LogP contribution in [0.3, 0.4) is 0 Å². The van der Waals surface area contributed by atoms with Gasteiger partial charge in [-0.2, -0.15) is 0 Å². The van der Waals surface area contributed by atoms with E-state index in [9.17, 15) is 13.6 Å². The number of benzene rings is 3. The summed E-state index contributed by atoms with van der Waals surface area (Å²) in [7, 11) is 3.24. The lowest BCUT2D eigenvalue weighted by atomic mass is 9.98. The molecule has 2 heterocycles. The fourth-order valence-electron chi connectivity index (χ4n) is 5.49. The first kappa shape index (κ1) is 26.1. The minimum absolute atomic E-state index is 0.0437. The van der Waals surface area contributed by atoms with E-state index in [1.54, 1.807) is 20.3 Å². The average molecular weight is 522 g/mol. The number of carbonyl (C=O) groups is 1. The minimum atomic E-state index is -0.853. The predicted octanol–water partition coefficient (Wildman–Crippen LogP) is 4.30. The molecule has 3 aromatic carbocycles. The molecular weight excluding hydrogens is 488 g/mol. The molecule has 6 nitrogen and oxygen atoms in total. The fraction of sp³-hybridized carbons (Fsp3) is 0.367. The summed E-state index contributed by atoms with van der Waals surface area (Å²) in [4.78, 5) is 18.1. The number of amides is 1. The predicted molar refractivity (Wildman–Crippen MR) is 141 cm³/mol. The Bertz CT molecular complexity index is 1290. The Morgan fingerprint density at radius 1 is 0.947 bits per heavy atom. The highest BCUT2D eigenvalue weighted by Crippen LogP contribution is 2.34. The molecule has 38 heavy (non-hydrogen) atoms. The van der Waals surface area contributed by atoms with Gasteiger partial charge in [0.1, 0.15) is 0 Å². The van der Waals surface area contributed by atoms with E-state index >= 15 is 0 Å². The number of methoxy groups -OCH3 is 2. The van der Waals surface area contributed by atoms with Gasteiger partial charge in [-0.05, 0) is 59.4 Å². The van der Waals surface area contributed by atoms with Crippen molar-refractivity contribution in [3.8, 4) is 11.5 Å². The van der Waals surface area contributed by atoms with Crippen LogP contribution < -0.4 is 14.8 Å². The van der Waals surface area contributed by atoms with Gasteiger partial charge in [0.15, 0.2) is 23.1 Å². The molecule has 0 aliphatic carbocycles. The van der Waals surface area contributed by atoms with Crippen LogP contribution in [0.4, 0.5) is 8.78 Å². The smallest absolute Gasteiger partial charge is 0.240 e. The van der Waals surface area contributed by atoms with Crippen LogP contribution in [0.25, 0.3) is 0 Å². The number of likely N-dealkylation sites (tertiary alicyclic amines) is 1. The molecule has 2 atom stereocenters. The molecule has 0 unspecified atom stereocenters. The van der Waals surface area contributed by atoms with Gasteiger partial charge in [-0.3, -0.25) is 9.69 Å². The zero-order valence-electron chi connectivity index (χ0n) is 21.8. The third-order valence-corrected chi connectivity index (χ3v) is 7.53. The van der Waals surface area contributed by atoms with E-state index in [-0.39, 0.29) is 18.0 Å². The van der Waals surface area contributed by atoms with E-state index in [4.69, 9.17) is 9.47 Å². The van der Waals surface area contributed by atoms with Gasteiger partial charge in [-0.15, -0.1) is 0 Å². The zero-order valence-corrected chi connectivity index (χ0v) is 21.8. The Morgan fingerprint density at radius 3 is 2.39 bits per heavy atom. The molecule has 0 radical (unpaired) electrons. The monoisotopic (exact) mass is 521 g/mol. The van der Waals surface area contributed by atoms with Crippen LogP contribution in [0.15, 0.2) is 60.7 Å². The first-order valence-corrected chi connectivity index (χ1v) is 12.9. The molecular formula is C30H33F2N3O3. The van der Waals surface area contributed by atoms with Crippen LogP contribution in [0, 0.1) is 11.6 Å². The molecule has 0 saturated carbocycles. The SMILES string of the molecule is COc1cc2c(cc1OC)CN(C(=O)[C@@H]1C[C@@H](NCc3ccc(F)c(F)c3)CN1Cc1ccccc1)CC2. The molecule has 200 valence electrons. The van der Waals surface area contributed by atoms with Gasteiger partial charge < -0.3 is 19.7 Å². The van der Waals surface area contributed by atoms with E-state index in [0.29, 0.717) is 56.2 Å². The van der Waals surface area contributed by atoms with E-state index in [2.05, 4.69) is 22.3 Å². The van der Waals surface area contributed by atoms with Crippen molar-refractivity contribution < 1.29 is 23.0 Å². The molecule has 1 N–H and O–H groups in total. The second-order valence-electron chi connectivity index (χ2n) is 9.98. The van der Waals surface area contributed by atoms with Crippen molar-refractivity contribution in [1.82, 2.24) is 15.1 Å². The molecule has 0 bridgehead atoms. The highest BCUT2D eigenvalue weighted by molar-refractivity contribution is 5.82. The van der Waals surface area contributed by atoms with Gasteiger partial charge in [-0.25, -0.2) is 8.78 Å². The average Bonchev–Trinajstić information content (AvgIpc) is 3.35. The van der Waals surface area contributed by atoms with Crippen LogP contribution in [0.2, 0.25) is 0 Å². The third kappa shape index (κ3) is 5.66. The summed E-state index contributed by atoms with van der Waals surface area (Å²) in [5.74, 6) is -0.236. The Kier molecular flexibility index (Phi) is 7.90.